The summed E-state index contributed by atoms with van der Waals surface area (Å²) in [6, 6.07) is 20.8. The van der Waals surface area contributed by atoms with E-state index in [0.29, 0.717) is 23.7 Å². The number of nitrogens with one attached hydrogen (secondary N) is 1. The average Bonchev–Trinajstić information content (AvgIpc) is 3.17. The molecule has 1 heterocycles. The zero-order chi connectivity index (χ0) is 20.2. The molecule has 0 aliphatic rings. The highest BCUT2D eigenvalue weighted by molar-refractivity contribution is 6.31. The van der Waals surface area contributed by atoms with E-state index in [1.165, 1.54) is 0 Å². The average molecular weight is 406 g/mol. The van der Waals surface area contributed by atoms with E-state index in [9.17, 15) is 4.79 Å². The van der Waals surface area contributed by atoms with Gasteiger partial charge in [0.2, 0.25) is 0 Å². The fourth-order valence-corrected chi connectivity index (χ4v) is 3.40. The van der Waals surface area contributed by atoms with Gasteiger partial charge in [-0.05, 0) is 48.9 Å². The van der Waals surface area contributed by atoms with Crippen LogP contribution in [-0.4, -0.2) is 22.1 Å². The summed E-state index contributed by atoms with van der Waals surface area (Å²) >= 11 is 6.15. The first kappa shape index (κ1) is 19.0. The van der Waals surface area contributed by atoms with Gasteiger partial charge in [-0.3, -0.25) is 9.36 Å². The molecule has 0 unspecified atom stereocenters. The van der Waals surface area contributed by atoms with Crippen molar-refractivity contribution in [2.24, 2.45) is 0 Å². The van der Waals surface area contributed by atoms with Gasteiger partial charge in [0, 0.05) is 17.1 Å². The summed E-state index contributed by atoms with van der Waals surface area (Å²) in [7, 11) is 0. The second kappa shape index (κ2) is 8.37. The van der Waals surface area contributed by atoms with Gasteiger partial charge < -0.3 is 10.1 Å². The van der Waals surface area contributed by atoms with Crippen molar-refractivity contribution in [3.8, 4) is 11.4 Å². The highest BCUT2D eigenvalue weighted by Crippen LogP contribution is 2.27. The van der Waals surface area contributed by atoms with Crippen molar-refractivity contribution in [3.05, 3.63) is 89.2 Å². The number of nitrogens with zero attached hydrogens (tertiary/aromatic N) is 2. The normalized spacial score (nSPS) is 10.8. The van der Waals surface area contributed by atoms with Gasteiger partial charge in [0.15, 0.2) is 0 Å². The molecule has 0 aliphatic heterocycles. The van der Waals surface area contributed by atoms with Gasteiger partial charge >= 0.3 is 0 Å². The molecule has 0 saturated carbocycles. The summed E-state index contributed by atoms with van der Waals surface area (Å²) in [5.74, 6) is 0.618. The third-order valence-corrected chi connectivity index (χ3v) is 5.00. The molecule has 0 spiro atoms. The zero-order valence-corrected chi connectivity index (χ0v) is 16.7. The first-order valence-electron chi connectivity index (χ1n) is 9.38. The molecule has 6 heteroatoms. The van der Waals surface area contributed by atoms with Crippen molar-refractivity contribution >= 4 is 28.5 Å². The third kappa shape index (κ3) is 3.96. The highest BCUT2D eigenvalue weighted by atomic mass is 35.5. The van der Waals surface area contributed by atoms with Crippen LogP contribution in [0.4, 0.5) is 0 Å². The molecule has 1 N–H and O–H groups in total. The van der Waals surface area contributed by atoms with Crippen molar-refractivity contribution in [2.75, 3.05) is 6.61 Å². The highest BCUT2D eigenvalue weighted by Gasteiger charge is 2.13. The minimum absolute atomic E-state index is 0.170. The molecule has 3 aromatic carbocycles. The number of carbonyl (C=O) groups excluding carboxylic acids is 1. The van der Waals surface area contributed by atoms with Gasteiger partial charge in [0.05, 0.1) is 23.3 Å². The van der Waals surface area contributed by atoms with E-state index in [0.717, 1.165) is 28.0 Å². The summed E-state index contributed by atoms with van der Waals surface area (Å²) in [4.78, 5) is 17.1. The lowest BCUT2D eigenvalue weighted by Crippen LogP contribution is -2.22. The Morgan fingerprint density at radius 2 is 1.90 bits per heavy atom. The quantitative estimate of drug-likeness (QED) is 0.490. The van der Waals surface area contributed by atoms with Gasteiger partial charge in [-0.25, -0.2) is 4.98 Å². The lowest BCUT2D eigenvalue weighted by Gasteiger charge is -2.11. The maximum atomic E-state index is 12.6. The van der Waals surface area contributed by atoms with Crippen LogP contribution in [0.5, 0.6) is 5.75 Å². The molecule has 0 atom stereocenters. The molecule has 1 amide bonds. The molecule has 0 bridgehead atoms. The molecule has 4 rings (SSSR count). The second-order valence-electron chi connectivity index (χ2n) is 6.49. The van der Waals surface area contributed by atoms with Gasteiger partial charge in [-0.15, -0.1) is 0 Å². The minimum atomic E-state index is -0.170. The van der Waals surface area contributed by atoms with Crippen LogP contribution < -0.4 is 10.1 Å². The van der Waals surface area contributed by atoms with Crippen molar-refractivity contribution in [2.45, 2.75) is 13.5 Å². The van der Waals surface area contributed by atoms with E-state index in [1.807, 2.05) is 66.1 Å². The molecular weight excluding hydrogens is 386 g/mol. The predicted molar refractivity (Wildman–Crippen MR) is 115 cm³/mol. The van der Waals surface area contributed by atoms with Crippen molar-refractivity contribution in [1.82, 2.24) is 14.9 Å². The van der Waals surface area contributed by atoms with Gasteiger partial charge in [-0.1, -0.05) is 41.9 Å². The topological polar surface area (TPSA) is 56.2 Å². The smallest absolute Gasteiger partial charge is 0.251 e. The van der Waals surface area contributed by atoms with Gasteiger partial charge in [0.1, 0.15) is 12.1 Å². The first-order valence-corrected chi connectivity index (χ1v) is 9.76. The summed E-state index contributed by atoms with van der Waals surface area (Å²) in [6.45, 7) is 2.91. The monoisotopic (exact) mass is 405 g/mol. The molecule has 29 heavy (non-hydrogen) atoms. The third-order valence-electron chi connectivity index (χ3n) is 4.63. The van der Waals surface area contributed by atoms with Crippen LogP contribution in [0.2, 0.25) is 5.02 Å². The molecule has 0 radical (unpaired) electrons. The number of aromatic nitrogens is 2. The summed E-state index contributed by atoms with van der Waals surface area (Å²) in [6.07, 6.45) is 1.74. The Kier molecular flexibility index (Phi) is 5.49. The summed E-state index contributed by atoms with van der Waals surface area (Å²) in [5.41, 5.74) is 3.97. The van der Waals surface area contributed by atoms with Crippen LogP contribution >= 0.6 is 11.6 Å². The van der Waals surface area contributed by atoms with Gasteiger partial charge in [0.25, 0.3) is 5.91 Å². The Balaban J connectivity index is 1.58. The van der Waals surface area contributed by atoms with Crippen LogP contribution in [-0.2, 0) is 6.54 Å². The van der Waals surface area contributed by atoms with Crippen LogP contribution in [0.15, 0.2) is 73.1 Å². The fourth-order valence-electron chi connectivity index (χ4n) is 3.20. The van der Waals surface area contributed by atoms with Crippen LogP contribution in [0.1, 0.15) is 22.8 Å². The zero-order valence-electron chi connectivity index (χ0n) is 15.9. The molecule has 1 aromatic heterocycles. The second-order valence-corrected chi connectivity index (χ2v) is 6.90. The number of rotatable bonds is 6. The molecule has 146 valence electrons. The summed E-state index contributed by atoms with van der Waals surface area (Å²) in [5, 5.41) is 3.54. The number of amides is 1. The Morgan fingerprint density at radius 3 is 2.72 bits per heavy atom. The fraction of sp³-hybridized carbons (Fsp3) is 0.130. The summed E-state index contributed by atoms with van der Waals surface area (Å²) < 4.78 is 7.70. The molecule has 0 fully saturated rings. The van der Waals surface area contributed by atoms with Crippen molar-refractivity contribution in [1.29, 1.82) is 0 Å². The molecule has 5 nitrogen and oxygen atoms in total. The number of para-hydroxylation sites is 2. The van der Waals surface area contributed by atoms with E-state index < -0.39 is 0 Å². The Bertz CT molecular complexity index is 1170. The lowest BCUT2D eigenvalue weighted by atomic mass is 10.1. The van der Waals surface area contributed by atoms with Crippen molar-refractivity contribution in [3.63, 3.8) is 0 Å². The first-order chi connectivity index (χ1) is 14.2. The minimum Gasteiger partial charge on any atom is -0.492 e. The van der Waals surface area contributed by atoms with Crippen molar-refractivity contribution < 1.29 is 9.53 Å². The Morgan fingerprint density at radius 1 is 1.10 bits per heavy atom. The number of halogens is 1. The number of benzene rings is 3. The van der Waals surface area contributed by atoms with E-state index in [2.05, 4.69) is 10.3 Å². The number of fused-ring (bicyclic) bond motifs is 1. The number of imidazole rings is 1. The number of ether oxygens (including phenoxy) is 1. The van der Waals surface area contributed by atoms with E-state index in [1.54, 1.807) is 18.5 Å². The Hall–Kier alpha value is -3.31. The maximum Gasteiger partial charge on any atom is 0.251 e. The van der Waals surface area contributed by atoms with Gasteiger partial charge in [-0.2, -0.15) is 0 Å². The van der Waals surface area contributed by atoms with Crippen LogP contribution in [0.25, 0.3) is 16.7 Å². The predicted octanol–water partition coefficient (Wildman–Crippen LogP) is 5.01. The van der Waals surface area contributed by atoms with Crippen LogP contribution in [0.3, 0.4) is 0 Å². The molecule has 4 aromatic rings. The number of hydrogen-bond donors (Lipinski definition) is 1. The lowest BCUT2D eigenvalue weighted by molar-refractivity contribution is 0.0951. The molecule has 0 saturated heterocycles. The van der Waals surface area contributed by atoms with E-state index >= 15 is 0 Å². The largest absolute Gasteiger partial charge is 0.492 e. The maximum absolute atomic E-state index is 12.6. The SMILES string of the molecule is CCOc1ccccc1-n1cnc2cc(C(=O)NCc3ccccc3Cl)ccc21. The standard InChI is InChI=1S/C23H20ClN3O2/c1-2-29-22-10-6-5-9-21(22)27-15-26-19-13-16(11-12-20(19)27)23(28)25-14-17-7-3-4-8-18(17)24/h3-13,15H,2,14H2,1H3,(H,25,28). The number of hydrogen-bond acceptors (Lipinski definition) is 3. The van der Waals surface area contributed by atoms with Crippen LogP contribution in [0, 0.1) is 0 Å². The Labute approximate surface area is 173 Å². The van der Waals surface area contributed by atoms with E-state index in [4.69, 9.17) is 16.3 Å². The van der Waals surface area contributed by atoms with E-state index in [-0.39, 0.29) is 5.91 Å². The molecular formula is C23H20ClN3O2. The number of carbonyl (C=O) groups is 1. The molecule has 0 aliphatic carbocycles.